The van der Waals surface area contributed by atoms with Gasteiger partial charge in [-0.25, -0.2) is 14.5 Å². The first-order valence-corrected chi connectivity index (χ1v) is 13.4. The molecule has 1 saturated heterocycles. The van der Waals surface area contributed by atoms with Gasteiger partial charge in [-0.2, -0.15) is 5.10 Å². The smallest absolute Gasteiger partial charge is 0.324 e. The average Bonchev–Trinajstić information content (AvgIpc) is 3.28. The second kappa shape index (κ2) is 10.5. The minimum atomic E-state index is -0.364. The van der Waals surface area contributed by atoms with Gasteiger partial charge in [-0.05, 0) is 44.0 Å². The summed E-state index contributed by atoms with van der Waals surface area (Å²) in [4.78, 5) is 34.2. The lowest BCUT2D eigenvalue weighted by molar-refractivity contribution is -0.138. The van der Waals surface area contributed by atoms with Crippen LogP contribution in [0.15, 0.2) is 48.7 Å². The van der Waals surface area contributed by atoms with Crippen molar-refractivity contribution in [2.75, 3.05) is 41.7 Å². The maximum atomic E-state index is 12.9. The molecule has 3 heterocycles. The summed E-state index contributed by atoms with van der Waals surface area (Å²) in [5.41, 5.74) is 3.35. The molecule has 38 heavy (non-hydrogen) atoms. The standard InChI is InChI=1S/C29H37N7O2/c1-20-8-11-23(12-9-20)36-26(18-24(33-36)29(2,3)4)32-28(38)31-22-10-13-25(30-19-22)34-14-16-35(17-15-34)27(37)21-6-5-7-21/h8-13,18-19,21H,5-7,14-17H2,1-4H3,(H2,31,32,38). The highest BCUT2D eigenvalue weighted by Gasteiger charge is 2.31. The number of aromatic nitrogens is 3. The SMILES string of the molecule is Cc1ccc(-n2nc(C(C)(C)C)cc2NC(=O)Nc2ccc(N3CCN(C(=O)C4CCC4)CC3)nc2)cc1. The van der Waals surface area contributed by atoms with E-state index in [1.807, 2.05) is 54.3 Å². The van der Waals surface area contributed by atoms with Crippen LogP contribution < -0.4 is 15.5 Å². The van der Waals surface area contributed by atoms with E-state index in [0.29, 0.717) is 17.4 Å². The number of piperazine rings is 1. The lowest BCUT2D eigenvalue weighted by Gasteiger charge is -2.38. The molecule has 0 radical (unpaired) electrons. The fraction of sp³-hybridized carbons (Fsp3) is 0.448. The van der Waals surface area contributed by atoms with Crippen LogP contribution in [0.2, 0.25) is 0 Å². The summed E-state index contributed by atoms with van der Waals surface area (Å²) in [6.07, 6.45) is 4.91. The van der Waals surface area contributed by atoms with Crippen LogP contribution in [0.3, 0.4) is 0 Å². The van der Waals surface area contributed by atoms with Crippen molar-refractivity contribution in [2.45, 2.75) is 52.4 Å². The van der Waals surface area contributed by atoms with E-state index in [1.54, 1.807) is 10.9 Å². The van der Waals surface area contributed by atoms with E-state index in [0.717, 1.165) is 61.8 Å². The lowest BCUT2D eigenvalue weighted by Crippen LogP contribution is -2.51. The third kappa shape index (κ3) is 5.66. The van der Waals surface area contributed by atoms with Gasteiger partial charge in [0.25, 0.3) is 0 Å². The third-order valence-electron chi connectivity index (χ3n) is 7.37. The van der Waals surface area contributed by atoms with E-state index in [4.69, 9.17) is 5.10 Å². The highest BCUT2D eigenvalue weighted by Crippen LogP contribution is 2.29. The first kappa shape index (κ1) is 25.8. The Balaban J connectivity index is 1.21. The summed E-state index contributed by atoms with van der Waals surface area (Å²) >= 11 is 0. The highest BCUT2D eigenvalue weighted by atomic mass is 16.2. The lowest BCUT2D eigenvalue weighted by atomic mass is 9.84. The van der Waals surface area contributed by atoms with Gasteiger partial charge >= 0.3 is 6.03 Å². The minimum Gasteiger partial charge on any atom is -0.353 e. The second-order valence-corrected chi connectivity index (χ2v) is 11.3. The number of carbonyl (C=O) groups is 2. The molecule has 2 aromatic heterocycles. The number of nitrogens with zero attached hydrogens (tertiary/aromatic N) is 5. The number of nitrogens with one attached hydrogen (secondary N) is 2. The maximum absolute atomic E-state index is 12.9. The van der Waals surface area contributed by atoms with Crippen LogP contribution in [0.1, 0.15) is 51.3 Å². The fourth-order valence-electron chi connectivity index (χ4n) is 4.71. The first-order chi connectivity index (χ1) is 18.2. The van der Waals surface area contributed by atoms with Crippen molar-refractivity contribution in [3.63, 3.8) is 0 Å². The highest BCUT2D eigenvalue weighted by molar-refractivity contribution is 5.99. The Morgan fingerprint density at radius 1 is 0.947 bits per heavy atom. The van der Waals surface area contributed by atoms with Gasteiger partial charge in [0.2, 0.25) is 5.91 Å². The Kier molecular flexibility index (Phi) is 7.10. The number of urea groups is 1. The number of pyridine rings is 1. The van der Waals surface area contributed by atoms with Crippen LogP contribution in [0.25, 0.3) is 5.69 Å². The van der Waals surface area contributed by atoms with E-state index in [2.05, 4.69) is 41.3 Å². The average molecular weight is 516 g/mol. The van der Waals surface area contributed by atoms with E-state index in [9.17, 15) is 9.59 Å². The van der Waals surface area contributed by atoms with Crippen molar-refractivity contribution in [1.29, 1.82) is 0 Å². The Bertz CT molecular complexity index is 1280. The van der Waals surface area contributed by atoms with Crippen molar-refractivity contribution in [1.82, 2.24) is 19.7 Å². The van der Waals surface area contributed by atoms with Crippen LogP contribution in [-0.2, 0) is 10.2 Å². The molecule has 2 fully saturated rings. The number of carbonyl (C=O) groups excluding carboxylic acids is 2. The Hall–Kier alpha value is -3.88. The quantitative estimate of drug-likeness (QED) is 0.501. The number of amides is 3. The fourth-order valence-corrected chi connectivity index (χ4v) is 4.71. The zero-order valence-electron chi connectivity index (χ0n) is 22.7. The van der Waals surface area contributed by atoms with Gasteiger partial charge in [-0.1, -0.05) is 44.9 Å². The number of hydrogen-bond acceptors (Lipinski definition) is 5. The molecular formula is C29H37N7O2. The maximum Gasteiger partial charge on any atom is 0.324 e. The Morgan fingerprint density at radius 2 is 1.66 bits per heavy atom. The molecule has 1 aromatic carbocycles. The largest absolute Gasteiger partial charge is 0.353 e. The van der Waals surface area contributed by atoms with Gasteiger partial charge in [0.1, 0.15) is 11.6 Å². The zero-order chi connectivity index (χ0) is 26.9. The molecular weight excluding hydrogens is 478 g/mol. The molecule has 0 unspecified atom stereocenters. The van der Waals surface area contributed by atoms with Crippen molar-refractivity contribution in [3.8, 4) is 5.69 Å². The normalized spacial score (nSPS) is 16.2. The van der Waals surface area contributed by atoms with Crippen molar-refractivity contribution in [3.05, 3.63) is 59.9 Å². The molecule has 9 nitrogen and oxygen atoms in total. The van der Waals surface area contributed by atoms with Gasteiger partial charge in [0, 0.05) is 43.6 Å². The summed E-state index contributed by atoms with van der Waals surface area (Å²) in [6, 6.07) is 13.3. The van der Waals surface area contributed by atoms with Gasteiger partial charge in [0.05, 0.1) is 23.3 Å². The minimum absolute atomic E-state index is 0.168. The molecule has 3 amide bonds. The van der Waals surface area contributed by atoms with Crippen LogP contribution in [-0.4, -0.2) is 57.8 Å². The van der Waals surface area contributed by atoms with Gasteiger partial charge in [-0.15, -0.1) is 0 Å². The molecule has 9 heteroatoms. The van der Waals surface area contributed by atoms with Crippen molar-refractivity contribution in [2.24, 2.45) is 5.92 Å². The van der Waals surface area contributed by atoms with Crippen molar-refractivity contribution < 1.29 is 9.59 Å². The van der Waals surface area contributed by atoms with Gasteiger partial charge < -0.3 is 15.1 Å². The van der Waals surface area contributed by atoms with Crippen LogP contribution in [0.5, 0.6) is 0 Å². The summed E-state index contributed by atoms with van der Waals surface area (Å²) in [5.74, 6) is 1.99. The molecule has 0 spiro atoms. The number of anilines is 3. The number of rotatable bonds is 5. The number of aryl methyl sites for hydroxylation is 1. The first-order valence-electron chi connectivity index (χ1n) is 13.4. The van der Waals surface area contributed by atoms with Gasteiger partial charge in [-0.3, -0.25) is 10.1 Å². The number of hydrogen-bond donors (Lipinski definition) is 2. The molecule has 200 valence electrons. The molecule has 3 aromatic rings. The summed E-state index contributed by atoms with van der Waals surface area (Å²) < 4.78 is 1.76. The van der Waals surface area contributed by atoms with Gasteiger partial charge in [0.15, 0.2) is 0 Å². The van der Waals surface area contributed by atoms with E-state index in [-0.39, 0.29) is 17.4 Å². The monoisotopic (exact) mass is 515 g/mol. The van der Waals surface area contributed by atoms with Crippen LogP contribution in [0.4, 0.5) is 22.1 Å². The molecule has 2 aliphatic rings. The van der Waals surface area contributed by atoms with E-state index < -0.39 is 0 Å². The summed E-state index contributed by atoms with van der Waals surface area (Å²) in [7, 11) is 0. The van der Waals surface area contributed by atoms with Crippen molar-refractivity contribution >= 4 is 29.3 Å². The molecule has 1 aliphatic carbocycles. The van der Waals surface area contributed by atoms with E-state index in [1.165, 1.54) is 6.42 Å². The third-order valence-corrected chi connectivity index (χ3v) is 7.37. The molecule has 1 saturated carbocycles. The molecule has 2 N–H and O–H groups in total. The predicted octanol–water partition coefficient (Wildman–Crippen LogP) is 4.97. The molecule has 5 rings (SSSR count). The molecule has 1 aliphatic heterocycles. The molecule has 0 atom stereocenters. The number of benzene rings is 1. The topological polar surface area (TPSA) is 95.4 Å². The second-order valence-electron chi connectivity index (χ2n) is 11.3. The summed E-state index contributed by atoms with van der Waals surface area (Å²) in [6.45, 7) is 11.3. The molecule has 0 bridgehead atoms. The zero-order valence-corrected chi connectivity index (χ0v) is 22.7. The Labute approximate surface area is 224 Å². The summed E-state index contributed by atoms with van der Waals surface area (Å²) in [5, 5.41) is 10.6. The van der Waals surface area contributed by atoms with Crippen LogP contribution in [0, 0.1) is 12.8 Å². The van der Waals surface area contributed by atoms with E-state index >= 15 is 0 Å². The Morgan fingerprint density at radius 3 is 2.24 bits per heavy atom. The van der Waals surface area contributed by atoms with Crippen LogP contribution >= 0.6 is 0 Å². The predicted molar refractivity (Wildman–Crippen MR) is 150 cm³/mol.